The number of nitrogens with two attached hydrogens (primary N) is 1. The average Bonchev–Trinajstić information content (AvgIpc) is 2.98. The number of carbonyl (C=O) groups excluding carboxylic acids is 2. The van der Waals surface area contributed by atoms with Crippen molar-refractivity contribution in [1.82, 2.24) is 4.98 Å². The molecule has 0 saturated carbocycles. The van der Waals surface area contributed by atoms with Crippen LogP contribution in [0.5, 0.6) is 5.75 Å². The summed E-state index contributed by atoms with van der Waals surface area (Å²) in [5.41, 5.74) is 8.19. The van der Waals surface area contributed by atoms with E-state index in [9.17, 15) is 9.59 Å². The molecule has 3 aromatic rings. The van der Waals surface area contributed by atoms with E-state index in [1.54, 1.807) is 0 Å². The summed E-state index contributed by atoms with van der Waals surface area (Å²) in [5, 5.41) is 0.991. The maximum atomic E-state index is 12.9. The maximum absolute atomic E-state index is 12.9. The monoisotopic (exact) mass is 386 g/mol. The van der Waals surface area contributed by atoms with Crippen LogP contribution in [-0.2, 0) is 4.74 Å². The molecule has 0 saturated heterocycles. The number of hydrogen-bond acceptors (Lipinski definition) is 5. The zero-order valence-corrected chi connectivity index (χ0v) is 15.9. The maximum Gasteiger partial charge on any atom is 0.342 e. The summed E-state index contributed by atoms with van der Waals surface area (Å²) in [6, 6.07) is 10.3. The molecule has 0 unspecified atom stereocenters. The molecule has 140 valence electrons. The van der Waals surface area contributed by atoms with Crippen LogP contribution in [-0.4, -0.2) is 30.0 Å². The smallest absolute Gasteiger partial charge is 0.342 e. The molecule has 3 N–H and O–H groups in total. The first kappa shape index (κ1) is 18.8. The molecular weight excluding hydrogens is 368 g/mol. The Bertz CT molecular complexity index is 1040. The largest absolute Gasteiger partial charge is 0.496 e. The molecule has 0 bridgehead atoms. The third-order valence-electron chi connectivity index (χ3n) is 4.33. The summed E-state index contributed by atoms with van der Waals surface area (Å²) in [6.45, 7) is 3.34. The molecule has 0 aliphatic rings. The molecule has 2 aromatic carbocycles. The van der Waals surface area contributed by atoms with E-state index in [-0.39, 0.29) is 27.8 Å². The number of benzene rings is 2. The first-order valence-electron chi connectivity index (χ1n) is 8.29. The van der Waals surface area contributed by atoms with Gasteiger partial charge >= 0.3 is 5.97 Å². The molecule has 6 nitrogen and oxygen atoms in total. The number of carbonyl (C=O) groups is 2. The van der Waals surface area contributed by atoms with Crippen LogP contribution >= 0.6 is 11.6 Å². The number of hydrogen-bond donors (Lipinski definition) is 2. The molecule has 0 radical (unpaired) electrons. The molecule has 0 aliphatic carbocycles. The average molecular weight is 387 g/mol. The number of H-pyrrole nitrogens is 1. The van der Waals surface area contributed by atoms with Crippen LogP contribution in [0.3, 0.4) is 0 Å². The molecule has 0 amide bonds. The number of ether oxygens (including phenoxy) is 2. The van der Waals surface area contributed by atoms with Gasteiger partial charge in [-0.1, -0.05) is 29.8 Å². The number of aryl methyl sites for hydroxylation is 1. The highest BCUT2D eigenvalue weighted by atomic mass is 35.5. The van der Waals surface area contributed by atoms with Crippen molar-refractivity contribution in [3.8, 4) is 5.75 Å². The number of nitrogens with one attached hydrogen (secondary N) is 1. The van der Waals surface area contributed by atoms with Gasteiger partial charge in [-0.2, -0.15) is 0 Å². The first-order valence-corrected chi connectivity index (χ1v) is 8.66. The van der Waals surface area contributed by atoms with E-state index in [4.69, 9.17) is 26.8 Å². The molecule has 0 aliphatic heterocycles. The number of esters is 1. The number of para-hydroxylation sites is 1. The number of aromatic nitrogens is 1. The predicted molar refractivity (Wildman–Crippen MR) is 105 cm³/mol. The summed E-state index contributed by atoms with van der Waals surface area (Å²) in [4.78, 5) is 28.6. The Balaban J connectivity index is 1.88. The van der Waals surface area contributed by atoms with Gasteiger partial charge in [0.05, 0.1) is 17.8 Å². The standard InChI is InChI=1S/C20H19ClN2O4/c1-10-18(12-6-4-5-7-16(12)23-10)19(24)11(2)27-20(25)13-8-14(21)15(22)9-17(13)26-3/h4-9,11,23H,22H2,1-3H3/t11-/m0/s1. The Morgan fingerprint density at radius 1 is 1.22 bits per heavy atom. The molecule has 0 spiro atoms. The minimum absolute atomic E-state index is 0.104. The Kier molecular flexibility index (Phi) is 5.10. The van der Waals surface area contributed by atoms with Gasteiger partial charge in [0, 0.05) is 28.2 Å². The molecule has 1 atom stereocenters. The summed E-state index contributed by atoms with van der Waals surface area (Å²) in [5.74, 6) is -0.782. The Morgan fingerprint density at radius 2 is 1.93 bits per heavy atom. The van der Waals surface area contributed by atoms with Crippen LogP contribution in [0.15, 0.2) is 36.4 Å². The highest BCUT2D eigenvalue weighted by molar-refractivity contribution is 6.33. The topological polar surface area (TPSA) is 94.4 Å². The fourth-order valence-electron chi connectivity index (χ4n) is 2.97. The molecule has 1 heterocycles. The van der Waals surface area contributed by atoms with Gasteiger partial charge in [-0.15, -0.1) is 0 Å². The van der Waals surface area contributed by atoms with Gasteiger partial charge in [-0.05, 0) is 26.0 Å². The third kappa shape index (κ3) is 3.48. The van der Waals surface area contributed by atoms with E-state index in [1.165, 1.54) is 26.2 Å². The zero-order valence-electron chi connectivity index (χ0n) is 15.1. The predicted octanol–water partition coefficient (Wildman–Crippen LogP) is 4.15. The van der Waals surface area contributed by atoms with Crippen molar-refractivity contribution in [3.63, 3.8) is 0 Å². The number of aromatic amines is 1. The minimum atomic E-state index is -0.989. The number of anilines is 1. The van der Waals surface area contributed by atoms with Crippen molar-refractivity contribution in [3.05, 3.63) is 58.2 Å². The number of rotatable bonds is 5. The molecule has 0 fully saturated rings. The van der Waals surface area contributed by atoms with Crippen molar-refractivity contribution in [2.45, 2.75) is 20.0 Å². The lowest BCUT2D eigenvalue weighted by Gasteiger charge is -2.15. The molecule has 7 heteroatoms. The molecule has 27 heavy (non-hydrogen) atoms. The second-order valence-corrected chi connectivity index (χ2v) is 6.56. The summed E-state index contributed by atoms with van der Waals surface area (Å²) < 4.78 is 10.5. The Morgan fingerprint density at radius 3 is 2.63 bits per heavy atom. The lowest BCUT2D eigenvalue weighted by atomic mass is 10.0. The van der Waals surface area contributed by atoms with Crippen LogP contribution in [0.4, 0.5) is 5.69 Å². The van der Waals surface area contributed by atoms with Gasteiger partial charge in [-0.3, -0.25) is 4.79 Å². The number of ketones is 1. The SMILES string of the molecule is COc1cc(N)c(Cl)cc1C(=O)O[C@@H](C)C(=O)c1c(C)[nH]c2ccccc12. The Hall–Kier alpha value is -2.99. The van der Waals surface area contributed by atoms with Gasteiger partial charge in [-0.25, -0.2) is 4.79 Å². The quantitative estimate of drug-likeness (QED) is 0.390. The Labute approximate surface area is 161 Å². The zero-order chi connectivity index (χ0) is 19.7. The third-order valence-corrected chi connectivity index (χ3v) is 4.66. The van der Waals surface area contributed by atoms with E-state index < -0.39 is 12.1 Å². The lowest BCUT2D eigenvalue weighted by Crippen LogP contribution is -2.25. The fourth-order valence-corrected chi connectivity index (χ4v) is 3.14. The summed E-state index contributed by atoms with van der Waals surface area (Å²) >= 11 is 5.99. The van der Waals surface area contributed by atoms with Gasteiger partial charge in [0.1, 0.15) is 11.3 Å². The van der Waals surface area contributed by atoms with E-state index in [0.29, 0.717) is 5.56 Å². The van der Waals surface area contributed by atoms with E-state index in [1.807, 2.05) is 31.2 Å². The first-order chi connectivity index (χ1) is 12.8. The van der Waals surface area contributed by atoms with Crippen LogP contribution in [0.1, 0.15) is 33.3 Å². The summed E-state index contributed by atoms with van der Waals surface area (Å²) in [6.07, 6.45) is -0.989. The fraction of sp³-hybridized carbons (Fsp3) is 0.200. The van der Waals surface area contributed by atoms with E-state index >= 15 is 0 Å². The molecule has 1 aromatic heterocycles. The number of Topliss-reactive ketones (excluding diaryl/α,β-unsaturated/α-hetero) is 1. The number of halogens is 1. The van der Waals surface area contributed by atoms with Gasteiger partial charge in [0.25, 0.3) is 0 Å². The van der Waals surface area contributed by atoms with Gasteiger partial charge < -0.3 is 20.2 Å². The van der Waals surface area contributed by atoms with Gasteiger partial charge in [0.2, 0.25) is 5.78 Å². The number of nitrogen functional groups attached to an aromatic ring is 1. The minimum Gasteiger partial charge on any atom is -0.496 e. The van der Waals surface area contributed by atoms with Crippen molar-refractivity contribution in [2.75, 3.05) is 12.8 Å². The normalized spacial score (nSPS) is 12.0. The lowest BCUT2D eigenvalue weighted by molar-refractivity contribution is 0.0316. The highest BCUT2D eigenvalue weighted by Crippen LogP contribution is 2.30. The van der Waals surface area contributed by atoms with E-state index in [2.05, 4.69) is 4.98 Å². The second-order valence-electron chi connectivity index (χ2n) is 6.16. The number of methoxy groups -OCH3 is 1. The van der Waals surface area contributed by atoms with Crippen LogP contribution in [0.2, 0.25) is 5.02 Å². The van der Waals surface area contributed by atoms with E-state index in [0.717, 1.165) is 16.6 Å². The molecule has 3 rings (SSSR count). The van der Waals surface area contributed by atoms with Crippen molar-refractivity contribution >= 4 is 39.9 Å². The van der Waals surface area contributed by atoms with Crippen molar-refractivity contribution in [2.24, 2.45) is 0 Å². The second kappa shape index (κ2) is 7.32. The van der Waals surface area contributed by atoms with Crippen molar-refractivity contribution in [1.29, 1.82) is 0 Å². The van der Waals surface area contributed by atoms with Crippen LogP contribution in [0, 0.1) is 6.92 Å². The molecular formula is C20H19ClN2O4. The summed E-state index contributed by atoms with van der Waals surface area (Å²) in [7, 11) is 1.41. The van der Waals surface area contributed by atoms with Crippen LogP contribution < -0.4 is 10.5 Å². The highest BCUT2D eigenvalue weighted by Gasteiger charge is 2.26. The van der Waals surface area contributed by atoms with Gasteiger partial charge in [0.15, 0.2) is 6.10 Å². The van der Waals surface area contributed by atoms with Crippen molar-refractivity contribution < 1.29 is 19.1 Å². The number of fused-ring (bicyclic) bond motifs is 1. The van der Waals surface area contributed by atoms with Crippen LogP contribution in [0.25, 0.3) is 10.9 Å².